The smallest absolute Gasteiger partial charge is 0.243 e. The number of nitrogens with zero attached hydrogens (tertiary/aromatic N) is 2. The average molecular weight is 461 g/mol. The van der Waals surface area contributed by atoms with Gasteiger partial charge in [0.05, 0.1) is 18.6 Å². The van der Waals surface area contributed by atoms with Crippen LogP contribution in [0.5, 0.6) is 5.75 Å². The highest BCUT2D eigenvalue weighted by molar-refractivity contribution is 7.10. The van der Waals surface area contributed by atoms with Crippen molar-refractivity contribution in [3.8, 4) is 5.75 Å². The van der Waals surface area contributed by atoms with Crippen LogP contribution in [0.15, 0.2) is 35.7 Å². The third-order valence-electron chi connectivity index (χ3n) is 6.18. The molecule has 0 N–H and O–H groups in total. The molecule has 4 rings (SSSR count). The van der Waals surface area contributed by atoms with Crippen LogP contribution < -0.4 is 4.74 Å². The first kappa shape index (κ1) is 22.2. The highest BCUT2D eigenvalue weighted by Crippen LogP contribution is 2.39. The normalized spacial score (nSPS) is 18.5. The third kappa shape index (κ3) is 4.46. The first-order chi connectivity index (χ1) is 14.9. The molecule has 1 atom stereocenters. The van der Waals surface area contributed by atoms with Crippen molar-refractivity contribution >= 4 is 34.8 Å². The molecule has 0 bridgehead atoms. The van der Waals surface area contributed by atoms with Gasteiger partial charge in [-0.3, -0.25) is 9.59 Å². The van der Waals surface area contributed by atoms with Gasteiger partial charge < -0.3 is 14.5 Å². The number of benzene rings is 1. The Hall–Kier alpha value is -2.05. The molecule has 1 aromatic heterocycles. The first-order valence-corrected chi connectivity index (χ1v) is 12.1. The van der Waals surface area contributed by atoms with Gasteiger partial charge in [-0.1, -0.05) is 12.1 Å². The van der Waals surface area contributed by atoms with Crippen LogP contribution in [0.2, 0.25) is 0 Å². The minimum atomic E-state index is -0.678. The molecule has 0 radical (unpaired) electrons. The molecule has 1 aliphatic carbocycles. The molecule has 0 saturated heterocycles. The summed E-state index contributed by atoms with van der Waals surface area (Å²) in [4.78, 5) is 31.7. The molecule has 0 spiro atoms. The topological polar surface area (TPSA) is 49.9 Å². The minimum absolute atomic E-state index is 0.0108. The van der Waals surface area contributed by atoms with Crippen LogP contribution in [0.3, 0.4) is 0 Å². The summed E-state index contributed by atoms with van der Waals surface area (Å²) in [6.07, 6.45) is 2.75. The Bertz CT molecular complexity index is 952. The molecule has 2 aromatic rings. The summed E-state index contributed by atoms with van der Waals surface area (Å²) in [5, 5.41) is 2.10. The fourth-order valence-corrected chi connectivity index (χ4v) is 5.18. The number of halogens is 1. The summed E-state index contributed by atoms with van der Waals surface area (Å²) >= 11 is 7.81. The largest absolute Gasteiger partial charge is 0.497 e. The molecule has 1 fully saturated rings. The van der Waals surface area contributed by atoms with E-state index in [0.717, 1.165) is 30.6 Å². The van der Waals surface area contributed by atoms with Crippen molar-refractivity contribution in [1.29, 1.82) is 0 Å². The van der Waals surface area contributed by atoms with Crippen LogP contribution >= 0.6 is 22.9 Å². The van der Waals surface area contributed by atoms with Gasteiger partial charge in [0.2, 0.25) is 11.8 Å². The average Bonchev–Trinajstić information content (AvgIpc) is 3.52. The van der Waals surface area contributed by atoms with E-state index in [1.165, 1.54) is 10.4 Å². The summed E-state index contributed by atoms with van der Waals surface area (Å²) < 4.78 is 5.31. The van der Waals surface area contributed by atoms with E-state index in [-0.39, 0.29) is 36.3 Å². The van der Waals surface area contributed by atoms with E-state index in [1.807, 2.05) is 43.0 Å². The van der Waals surface area contributed by atoms with Gasteiger partial charge in [0.1, 0.15) is 12.3 Å². The molecule has 5 nitrogen and oxygen atoms in total. The molecule has 2 heterocycles. The van der Waals surface area contributed by atoms with Crippen LogP contribution in [0, 0.1) is 5.41 Å². The van der Waals surface area contributed by atoms with Crippen molar-refractivity contribution in [2.45, 2.75) is 45.2 Å². The van der Waals surface area contributed by atoms with Crippen molar-refractivity contribution < 1.29 is 14.3 Å². The Morgan fingerprint density at radius 3 is 2.55 bits per heavy atom. The lowest BCUT2D eigenvalue weighted by molar-refractivity contribution is -0.146. The van der Waals surface area contributed by atoms with Crippen molar-refractivity contribution in [2.75, 3.05) is 26.1 Å². The second-order valence-electron chi connectivity index (χ2n) is 8.99. The minimum Gasteiger partial charge on any atom is -0.497 e. The predicted molar refractivity (Wildman–Crippen MR) is 124 cm³/mol. The Balaban J connectivity index is 1.61. The number of ether oxygens (including phenoxy) is 1. The van der Waals surface area contributed by atoms with E-state index < -0.39 is 5.41 Å². The summed E-state index contributed by atoms with van der Waals surface area (Å²) in [6.45, 7) is 4.45. The number of fused-ring (bicyclic) bond motifs is 1. The van der Waals surface area contributed by atoms with Crippen LogP contribution in [-0.2, 0) is 16.0 Å². The van der Waals surface area contributed by atoms with Gasteiger partial charge in [-0.2, -0.15) is 0 Å². The molecule has 166 valence electrons. The lowest BCUT2D eigenvalue weighted by Gasteiger charge is -2.38. The van der Waals surface area contributed by atoms with Crippen LogP contribution in [0.25, 0.3) is 0 Å². The molecule has 7 heteroatoms. The zero-order valence-corrected chi connectivity index (χ0v) is 19.8. The number of rotatable bonds is 7. The van der Waals surface area contributed by atoms with Gasteiger partial charge in [-0.15, -0.1) is 22.9 Å². The van der Waals surface area contributed by atoms with Gasteiger partial charge in [-0.25, -0.2) is 0 Å². The maximum atomic E-state index is 13.6. The zero-order chi connectivity index (χ0) is 22.2. The number of methoxy groups -OCH3 is 1. The molecular weight excluding hydrogens is 432 g/mol. The van der Waals surface area contributed by atoms with Crippen molar-refractivity contribution in [3.05, 3.63) is 51.7 Å². The second-order valence-corrected chi connectivity index (χ2v) is 10.3. The van der Waals surface area contributed by atoms with Crippen LogP contribution in [0.1, 0.15) is 48.7 Å². The molecule has 1 saturated carbocycles. The molecule has 2 amide bonds. The Kier molecular flexibility index (Phi) is 6.31. The summed E-state index contributed by atoms with van der Waals surface area (Å²) in [7, 11) is 1.65. The molecule has 1 aromatic carbocycles. The standard InChI is InChI=1S/C24H29ClN2O3S/c1-24(2,15-25)23(29)27(17-6-7-17)14-21(28)26-12-10-20-19(11-13-31-20)22(26)16-4-8-18(30-3)9-5-16/h4-5,8-9,11,13,17,22H,6-7,10,12,14-15H2,1-3H3/t22-/m0/s1. The summed E-state index contributed by atoms with van der Waals surface area (Å²) in [5.41, 5.74) is 1.56. The number of carbonyl (C=O) groups excluding carboxylic acids is 2. The van der Waals surface area contributed by atoms with E-state index in [4.69, 9.17) is 16.3 Å². The fraction of sp³-hybridized carbons (Fsp3) is 0.500. The quantitative estimate of drug-likeness (QED) is 0.572. The number of amides is 2. The third-order valence-corrected chi connectivity index (χ3v) is 7.85. The van der Waals surface area contributed by atoms with E-state index in [2.05, 4.69) is 11.4 Å². The molecule has 1 aliphatic heterocycles. The maximum absolute atomic E-state index is 13.6. The molecule has 0 unspecified atom stereocenters. The van der Waals surface area contributed by atoms with Crippen molar-refractivity contribution in [3.63, 3.8) is 0 Å². The van der Waals surface area contributed by atoms with E-state index in [0.29, 0.717) is 6.54 Å². The van der Waals surface area contributed by atoms with Gasteiger partial charge in [0, 0.05) is 23.3 Å². The van der Waals surface area contributed by atoms with E-state index >= 15 is 0 Å². The number of hydrogen-bond acceptors (Lipinski definition) is 4. The predicted octanol–water partition coefficient (Wildman–Crippen LogP) is 4.49. The van der Waals surface area contributed by atoms with E-state index in [1.54, 1.807) is 23.3 Å². The zero-order valence-electron chi connectivity index (χ0n) is 18.3. The molecule has 2 aliphatic rings. The Labute approximate surface area is 192 Å². The van der Waals surface area contributed by atoms with Gasteiger partial charge in [0.15, 0.2) is 0 Å². The Morgan fingerprint density at radius 2 is 1.94 bits per heavy atom. The number of carbonyl (C=O) groups is 2. The highest BCUT2D eigenvalue weighted by Gasteiger charge is 2.42. The van der Waals surface area contributed by atoms with Crippen LogP contribution in [-0.4, -0.2) is 53.7 Å². The summed E-state index contributed by atoms with van der Waals surface area (Å²) in [6, 6.07) is 10.0. The maximum Gasteiger partial charge on any atom is 0.243 e. The Morgan fingerprint density at radius 1 is 1.23 bits per heavy atom. The summed E-state index contributed by atoms with van der Waals surface area (Å²) in [5.74, 6) is 0.979. The van der Waals surface area contributed by atoms with Gasteiger partial charge in [0.25, 0.3) is 0 Å². The number of thiophene rings is 1. The fourth-order valence-electron chi connectivity index (χ4n) is 4.17. The van der Waals surface area contributed by atoms with E-state index in [9.17, 15) is 9.59 Å². The highest BCUT2D eigenvalue weighted by atomic mass is 35.5. The second kappa shape index (κ2) is 8.83. The van der Waals surface area contributed by atoms with Gasteiger partial charge >= 0.3 is 0 Å². The SMILES string of the molecule is COc1ccc([C@H]2c3ccsc3CCN2C(=O)CN(C(=O)C(C)(C)CCl)C2CC2)cc1. The lowest BCUT2D eigenvalue weighted by atomic mass is 9.92. The molecule has 31 heavy (non-hydrogen) atoms. The van der Waals surface area contributed by atoms with Crippen molar-refractivity contribution in [2.24, 2.45) is 5.41 Å². The monoisotopic (exact) mass is 460 g/mol. The lowest BCUT2D eigenvalue weighted by Crippen LogP contribution is -2.50. The van der Waals surface area contributed by atoms with Crippen LogP contribution in [0.4, 0.5) is 0 Å². The molecular formula is C24H29ClN2O3S. The van der Waals surface area contributed by atoms with Gasteiger partial charge in [-0.05, 0) is 67.8 Å². The number of alkyl halides is 1. The van der Waals surface area contributed by atoms with Crippen molar-refractivity contribution in [1.82, 2.24) is 9.80 Å². The number of hydrogen-bond donors (Lipinski definition) is 0. The first-order valence-electron chi connectivity index (χ1n) is 10.7.